The fourth-order valence-corrected chi connectivity index (χ4v) is 2.07. The summed E-state index contributed by atoms with van der Waals surface area (Å²) in [5.74, 6) is -0.420. The van der Waals surface area contributed by atoms with E-state index in [2.05, 4.69) is 4.98 Å². The van der Waals surface area contributed by atoms with E-state index in [1.54, 1.807) is 12.1 Å². The number of nitrogen functional groups attached to an aromatic ring is 1. The Hall–Kier alpha value is -2.49. The van der Waals surface area contributed by atoms with Crippen molar-refractivity contribution in [2.45, 2.75) is 0 Å². The van der Waals surface area contributed by atoms with Gasteiger partial charge in [-0.3, -0.25) is 4.79 Å². The van der Waals surface area contributed by atoms with E-state index in [4.69, 9.17) is 11.5 Å². The van der Waals surface area contributed by atoms with Gasteiger partial charge in [0.25, 0.3) is 0 Å². The van der Waals surface area contributed by atoms with Crippen molar-refractivity contribution in [3.8, 4) is 0 Å². The fraction of sp³-hybridized carbons (Fsp3) is 0. The molecule has 0 aliphatic heterocycles. The van der Waals surface area contributed by atoms with Gasteiger partial charge in [-0.2, -0.15) is 0 Å². The van der Waals surface area contributed by atoms with Gasteiger partial charge in [-0.1, -0.05) is 6.07 Å². The number of primary amides is 1. The Morgan fingerprint density at radius 2 is 1.82 bits per heavy atom. The number of carbonyl (C=O) groups excluding carboxylic acids is 1. The Morgan fingerprint density at radius 3 is 2.59 bits per heavy atom. The van der Waals surface area contributed by atoms with Crippen molar-refractivity contribution in [2.75, 3.05) is 5.73 Å². The molecule has 0 bridgehead atoms. The summed E-state index contributed by atoms with van der Waals surface area (Å²) in [7, 11) is 0. The van der Waals surface area contributed by atoms with Crippen LogP contribution in [-0.4, -0.2) is 10.9 Å². The van der Waals surface area contributed by atoms with Crippen LogP contribution in [0.3, 0.4) is 0 Å². The zero-order chi connectivity index (χ0) is 12.0. The lowest BCUT2D eigenvalue weighted by Gasteiger charge is -1.96. The van der Waals surface area contributed by atoms with Crippen LogP contribution >= 0.6 is 0 Å². The number of rotatable bonds is 1. The van der Waals surface area contributed by atoms with E-state index in [0.29, 0.717) is 11.3 Å². The van der Waals surface area contributed by atoms with Crippen LogP contribution in [0.5, 0.6) is 0 Å². The number of carbonyl (C=O) groups is 1. The van der Waals surface area contributed by atoms with Crippen LogP contribution in [0, 0.1) is 0 Å². The van der Waals surface area contributed by atoms with Crippen LogP contribution in [0.4, 0.5) is 5.69 Å². The molecule has 0 atom stereocenters. The van der Waals surface area contributed by atoms with E-state index < -0.39 is 5.91 Å². The Bertz CT molecular complexity index is 743. The van der Waals surface area contributed by atoms with E-state index in [9.17, 15) is 4.79 Å². The molecule has 0 spiro atoms. The molecule has 0 unspecified atom stereocenters. The molecule has 2 aromatic carbocycles. The molecule has 1 amide bonds. The standard InChI is InChI=1S/C13H11N3O/c14-8-2-3-9-10-5-7(13(15)17)1-4-11(10)16-12(9)6-8/h1-6,16H,14H2,(H2,15,17). The maximum absolute atomic E-state index is 11.1. The lowest BCUT2D eigenvalue weighted by Crippen LogP contribution is -2.10. The highest BCUT2D eigenvalue weighted by molar-refractivity contribution is 6.10. The summed E-state index contributed by atoms with van der Waals surface area (Å²) in [6, 6.07) is 11.0. The van der Waals surface area contributed by atoms with Gasteiger partial charge >= 0.3 is 0 Å². The van der Waals surface area contributed by atoms with E-state index in [1.807, 2.05) is 24.3 Å². The molecular weight excluding hydrogens is 214 g/mol. The summed E-state index contributed by atoms with van der Waals surface area (Å²) in [4.78, 5) is 14.4. The highest BCUT2D eigenvalue weighted by Crippen LogP contribution is 2.27. The number of hydrogen-bond acceptors (Lipinski definition) is 2. The molecule has 0 saturated heterocycles. The molecule has 0 aliphatic rings. The molecule has 0 saturated carbocycles. The van der Waals surface area contributed by atoms with Gasteiger partial charge in [0.15, 0.2) is 0 Å². The van der Waals surface area contributed by atoms with Crippen LogP contribution in [0.1, 0.15) is 10.4 Å². The van der Waals surface area contributed by atoms with Gasteiger partial charge in [0.2, 0.25) is 5.91 Å². The largest absolute Gasteiger partial charge is 0.399 e. The first-order valence-electron chi connectivity index (χ1n) is 5.26. The monoisotopic (exact) mass is 225 g/mol. The molecule has 0 radical (unpaired) electrons. The molecule has 1 heterocycles. The smallest absolute Gasteiger partial charge is 0.248 e. The summed E-state index contributed by atoms with van der Waals surface area (Å²) >= 11 is 0. The first-order valence-corrected chi connectivity index (χ1v) is 5.26. The SMILES string of the molecule is NC(=O)c1ccc2[nH]c3cc(N)ccc3c2c1. The first-order chi connectivity index (χ1) is 8.15. The van der Waals surface area contributed by atoms with Crippen molar-refractivity contribution in [3.05, 3.63) is 42.0 Å². The summed E-state index contributed by atoms with van der Waals surface area (Å²) in [6.45, 7) is 0. The molecule has 4 nitrogen and oxygen atoms in total. The van der Waals surface area contributed by atoms with Gasteiger partial charge in [0.05, 0.1) is 0 Å². The van der Waals surface area contributed by atoms with Gasteiger partial charge in [0, 0.05) is 33.1 Å². The Balaban J connectivity index is 2.41. The topological polar surface area (TPSA) is 84.9 Å². The van der Waals surface area contributed by atoms with Crippen molar-refractivity contribution < 1.29 is 4.79 Å². The molecule has 0 aliphatic carbocycles. The van der Waals surface area contributed by atoms with Crippen molar-refractivity contribution in [1.29, 1.82) is 0 Å². The first kappa shape index (κ1) is 9.72. The number of anilines is 1. The van der Waals surface area contributed by atoms with Crippen molar-refractivity contribution >= 4 is 33.4 Å². The fourth-order valence-electron chi connectivity index (χ4n) is 2.07. The second-order valence-corrected chi connectivity index (χ2v) is 4.05. The number of aromatic amines is 1. The Morgan fingerprint density at radius 1 is 1.00 bits per heavy atom. The van der Waals surface area contributed by atoms with Crippen LogP contribution in [0.15, 0.2) is 36.4 Å². The molecule has 4 heteroatoms. The van der Waals surface area contributed by atoms with Gasteiger partial charge in [-0.05, 0) is 30.3 Å². The molecular formula is C13H11N3O. The number of hydrogen-bond donors (Lipinski definition) is 3. The number of aromatic nitrogens is 1. The number of fused-ring (bicyclic) bond motifs is 3. The average molecular weight is 225 g/mol. The number of nitrogens with two attached hydrogens (primary N) is 2. The minimum Gasteiger partial charge on any atom is -0.399 e. The normalized spacial score (nSPS) is 11.1. The third-order valence-electron chi connectivity index (χ3n) is 2.91. The molecule has 3 aromatic rings. The lowest BCUT2D eigenvalue weighted by molar-refractivity contribution is 0.100. The summed E-state index contributed by atoms with van der Waals surface area (Å²) in [5, 5.41) is 2.02. The minimum atomic E-state index is -0.420. The van der Waals surface area contributed by atoms with Gasteiger partial charge in [-0.25, -0.2) is 0 Å². The maximum atomic E-state index is 11.1. The Labute approximate surface area is 97.2 Å². The average Bonchev–Trinajstić information content (AvgIpc) is 2.64. The van der Waals surface area contributed by atoms with E-state index in [0.717, 1.165) is 21.8 Å². The molecule has 1 aromatic heterocycles. The molecule has 17 heavy (non-hydrogen) atoms. The van der Waals surface area contributed by atoms with Crippen LogP contribution in [-0.2, 0) is 0 Å². The Kier molecular flexibility index (Phi) is 1.86. The summed E-state index contributed by atoms with van der Waals surface area (Å²) < 4.78 is 0. The number of benzene rings is 2. The zero-order valence-corrected chi connectivity index (χ0v) is 9.03. The van der Waals surface area contributed by atoms with E-state index >= 15 is 0 Å². The number of amides is 1. The third-order valence-corrected chi connectivity index (χ3v) is 2.91. The van der Waals surface area contributed by atoms with Gasteiger partial charge < -0.3 is 16.5 Å². The number of H-pyrrole nitrogens is 1. The third kappa shape index (κ3) is 1.42. The zero-order valence-electron chi connectivity index (χ0n) is 9.03. The minimum absolute atomic E-state index is 0.420. The highest BCUT2D eigenvalue weighted by Gasteiger charge is 2.07. The molecule has 0 fully saturated rings. The van der Waals surface area contributed by atoms with Crippen molar-refractivity contribution in [1.82, 2.24) is 4.98 Å². The second-order valence-electron chi connectivity index (χ2n) is 4.05. The molecule has 3 rings (SSSR count). The lowest BCUT2D eigenvalue weighted by atomic mass is 10.1. The van der Waals surface area contributed by atoms with Crippen molar-refractivity contribution in [2.24, 2.45) is 5.73 Å². The number of nitrogens with one attached hydrogen (secondary N) is 1. The molecule has 5 N–H and O–H groups in total. The van der Waals surface area contributed by atoms with Crippen molar-refractivity contribution in [3.63, 3.8) is 0 Å². The van der Waals surface area contributed by atoms with Crippen LogP contribution in [0.2, 0.25) is 0 Å². The second kappa shape index (κ2) is 3.25. The highest BCUT2D eigenvalue weighted by atomic mass is 16.1. The quantitative estimate of drug-likeness (QED) is 0.553. The summed E-state index contributed by atoms with van der Waals surface area (Å²) in [6.07, 6.45) is 0. The van der Waals surface area contributed by atoms with Gasteiger partial charge in [0.1, 0.15) is 0 Å². The van der Waals surface area contributed by atoms with E-state index in [1.165, 1.54) is 0 Å². The van der Waals surface area contributed by atoms with Gasteiger partial charge in [-0.15, -0.1) is 0 Å². The predicted molar refractivity (Wildman–Crippen MR) is 68.7 cm³/mol. The van der Waals surface area contributed by atoms with Crippen LogP contribution in [0.25, 0.3) is 21.8 Å². The predicted octanol–water partition coefficient (Wildman–Crippen LogP) is 2.00. The van der Waals surface area contributed by atoms with E-state index in [-0.39, 0.29) is 0 Å². The summed E-state index contributed by atoms with van der Waals surface area (Å²) in [5.41, 5.74) is 14.1. The van der Waals surface area contributed by atoms with Crippen LogP contribution < -0.4 is 11.5 Å². The molecule has 84 valence electrons. The maximum Gasteiger partial charge on any atom is 0.248 e.